The van der Waals surface area contributed by atoms with E-state index in [4.69, 9.17) is 28.9 Å². The molecule has 0 aliphatic heterocycles. The second-order valence-electron chi connectivity index (χ2n) is 2.91. The van der Waals surface area contributed by atoms with Crippen molar-refractivity contribution in [3.63, 3.8) is 0 Å². The summed E-state index contributed by atoms with van der Waals surface area (Å²) in [6, 6.07) is 1.29. The second-order valence-corrected chi connectivity index (χ2v) is 3.65. The van der Waals surface area contributed by atoms with Crippen LogP contribution < -0.4 is 5.73 Å². The van der Waals surface area contributed by atoms with Gasteiger partial charge in [0, 0.05) is 17.5 Å². The summed E-state index contributed by atoms with van der Waals surface area (Å²) in [5.74, 6) is 0.281. The molecule has 0 radical (unpaired) electrons. The first kappa shape index (κ1) is 12.7. The number of nitrogen functional groups attached to an aromatic ring is 1. The van der Waals surface area contributed by atoms with Gasteiger partial charge in [-0.2, -0.15) is 0 Å². The summed E-state index contributed by atoms with van der Waals surface area (Å²) in [7, 11) is 0. The Morgan fingerprint density at radius 3 is 2.88 bits per heavy atom. The number of pyridine rings is 1. The van der Waals surface area contributed by atoms with Gasteiger partial charge in [-0.1, -0.05) is 23.8 Å². The number of hydrogen-bond donors (Lipinski definition) is 1. The molecule has 0 unspecified atom stereocenters. The molecule has 0 atom stereocenters. The molecule has 0 saturated heterocycles. The highest BCUT2D eigenvalue weighted by molar-refractivity contribution is 6.31. The second kappa shape index (κ2) is 5.67. The molecule has 1 aromatic heterocycles. The van der Waals surface area contributed by atoms with Crippen LogP contribution in [0.3, 0.4) is 0 Å². The normalized spacial score (nSPS) is 10.9. The Bertz CT molecular complexity index is 435. The van der Waals surface area contributed by atoms with Crippen LogP contribution in [0.1, 0.15) is 12.0 Å². The predicted molar refractivity (Wildman–Crippen MR) is 64.7 cm³/mol. The molecule has 0 aromatic carbocycles. The zero-order valence-electron chi connectivity index (χ0n) is 8.19. The predicted octanol–water partition coefficient (Wildman–Crippen LogP) is 2.87. The van der Waals surface area contributed by atoms with E-state index in [1.165, 1.54) is 6.07 Å². The molecule has 16 heavy (non-hydrogen) atoms. The molecule has 0 spiro atoms. The Labute approximate surface area is 102 Å². The first-order valence-corrected chi connectivity index (χ1v) is 5.30. The van der Waals surface area contributed by atoms with E-state index in [9.17, 15) is 10.1 Å². The molecule has 5 nitrogen and oxygen atoms in total. The van der Waals surface area contributed by atoms with Gasteiger partial charge in [-0.3, -0.25) is 10.1 Å². The zero-order valence-corrected chi connectivity index (χ0v) is 9.70. The Balaban J connectivity index is 3.09. The molecule has 0 amide bonds. The summed E-state index contributed by atoms with van der Waals surface area (Å²) in [6.07, 6.45) is 4.04. The lowest BCUT2D eigenvalue weighted by molar-refractivity contribution is -0.384. The maximum absolute atomic E-state index is 10.6. The molecule has 0 aliphatic carbocycles. The molecule has 0 aliphatic rings. The molecule has 86 valence electrons. The number of halogens is 2. The monoisotopic (exact) mass is 261 g/mol. The first-order chi connectivity index (χ1) is 7.56. The molecule has 0 saturated carbocycles. The molecule has 2 N–H and O–H groups in total. The largest absolute Gasteiger partial charge is 0.378 e. The van der Waals surface area contributed by atoms with E-state index < -0.39 is 4.92 Å². The zero-order chi connectivity index (χ0) is 12.1. The van der Waals surface area contributed by atoms with Gasteiger partial charge < -0.3 is 5.73 Å². The van der Waals surface area contributed by atoms with Crippen LogP contribution in [0.15, 0.2) is 12.1 Å². The third kappa shape index (κ3) is 3.08. The van der Waals surface area contributed by atoms with Crippen molar-refractivity contribution in [2.45, 2.75) is 6.42 Å². The van der Waals surface area contributed by atoms with Gasteiger partial charge in [0.05, 0.1) is 4.92 Å². The Morgan fingerprint density at radius 1 is 1.62 bits per heavy atom. The molecule has 0 bridgehead atoms. The summed E-state index contributed by atoms with van der Waals surface area (Å²) in [5, 5.41) is 10.7. The summed E-state index contributed by atoms with van der Waals surface area (Å²) in [6.45, 7) is 0. The SMILES string of the molecule is Nc1nc(Cl)c(C=CCCCl)cc1[N+](=O)[O-]. The quantitative estimate of drug-likeness (QED) is 0.391. The summed E-state index contributed by atoms with van der Waals surface area (Å²) < 4.78 is 0. The van der Waals surface area contributed by atoms with E-state index in [-0.39, 0.29) is 16.7 Å². The van der Waals surface area contributed by atoms with Crippen LogP contribution >= 0.6 is 23.2 Å². The van der Waals surface area contributed by atoms with Gasteiger partial charge in [0.2, 0.25) is 5.82 Å². The first-order valence-electron chi connectivity index (χ1n) is 4.39. The highest BCUT2D eigenvalue weighted by atomic mass is 35.5. The number of aromatic nitrogens is 1. The number of nitrogens with zero attached hydrogens (tertiary/aromatic N) is 2. The van der Waals surface area contributed by atoms with E-state index in [1.807, 2.05) is 0 Å². The molecule has 1 heterocycles. The minimum absolute atomic E-state index is 0.133. The highest BCUT2D eigenvalue weighted by Gasteiger charge is 2.15. The van der Waals surface area contributed by atoms with Crippen LogP contribution in [0.2, 0.25) is 5.15 Å². The maximum Gasteiger partial charge on any atom is 0.311 e. The van der Waals surface area contributed by atoms with Gasteiger partial charge in [0.25, 0.3) is 0 Å². The Hall–Kier alpha value is -1.33. The van der Waals surface area contributed by atoms with Gasteiger partial charge in [-0.15, -0.1) is 11.6 Å². The Morgan fingerprint density at radius 2 is 2.31 bits per heavy atom. The highest BCUT2D eigenvalue weighted by Crippen LogP contribution is 2.26. The Kier molecular flexibility index (Phi) is 4.52. The topological polar surface area (TPSA) is 82.0 Å². The smallest absolute Gasteiger partial charge is 0.311 e. The van der Waals surface area contributed by atoms with E-state index in [1.54, 1.807) is 12.2 Å². The lowest BCUT2D eigenvalue weighted by Crippen LogP contribution is -1.99. The maximum atomic E-state index is 10.6. The number of nitro groups is 1. The fourth-order valence-electron chi connectivity index (χ4n) is 1.04. The van der Waals surface area contributed by atoms with Gasteiger partial charge in [-0.05, 0) is 6.42 Å². The van der Waals surface area contributed by atoms with Crippen LogP contribution in [-0.4, -0.2) is 15.8 Å². The van der Waals surface area contributed by atoms with E-state index in [0.29, 0.717) is 17.9 Å². The van der Waals surface area contributed by atoms with E-state index in [0.717, 1.165) is 0 Å². The van der Waals surface area contributed by atoms with Crippen LogP contribution in [-0.2, 0) is 0 Å². The van der Waals surface area contributed by atoms with Crippen molar-refractivity contribution in [3.8, 4) is 0 Å². The van der Waals surface area contributed by atoms with Crippen molar-refractivity contribution in [2.24, 2.45) is 0 Å². The van der Waals surface area contributed by atoms with Gasteiger partial charge in [-0.25, -0.2) is 4.98 Å². The fraction of sp³-hybridized carbons (Fsp3) is 0.222. The molecule has 1 rings (SSSR count). The minimum Gasteiger partial charge on any atom is -0.378 e. The van der Waals surface area contributed by atoms with Gasteiger partial charge in [0.1, 0.15) is 5.15 Å². The van der Waals surface area contributed by atoms with E-state index in [2.05, 4.69) is 4.98 Å². The number of alkyl halides is 1. The average molecular weight is 262 g/mol. The molecular formula is C9H9Cl2N3O2. The van der Waals surface area contributed by atoms with Crippen molar-refractivity contribution >= 4 is 40.8 Å². The fourth-order valence-corrected chi connectivity index (χ4v) is 1.38. The standard InChI is InChI=1S/C9H9Cl2N3O2/c10-4-2-1-3-6-5-7(14(15)16)9(12)13-8(6)11/h1,3,5H,2,4H2,(H2,12,13). The third-order valence-corrected chi connectivity index (χ3v) is 2.30. The van der Waals surface area contributed by atoms with Crippen molar-refractivity contribution in [2.75, 3.05) is 11.6 Å². The van der Waals surface area contributed by atoms with Crippen molar-refractivity contribution < 1.29 is 4.92 Å². The van der Waals surface area contributed by atoms with Gasteiger partial charge in [0.15, 0.2) is 0 Å². The number of rotatable bonds is 4. The van der Waals surface area contributed by atoms with Crippen molar-refractivity contribution in [1.82, 2.24) is 4.98 Å². The number of allylic oxidation sites excluding steroid dienone is 1. The third-order valence-electron chi connectivity index (χ3n) is 1.78. The molecular weight excluding hydrogens is 253 g/mol. The number of nitrogens with two attached hydrogens (primary N) is 1. The van der Waals surface area contributed by atoms with Crippen molar-refractivity contribution in [1.29, 1.82) is 0 Å². The van der Waals surface area contributed by atoms with Gasteiger partial charge >= 0.3 is 5.69 Å². The molecule has 1 aromatic rings. The van der Waals surface area contributed by atoms with Crippen LogP contribution in [0.5, 0.6) is 0 Å². The molecule has 7 heteroatoms. The van der Waals surface area contributed by atoms with Crippen LogP contribution in [0.4, 0.5) is 11.5 Å². The van der Waals surface area contributed by atoms with Crippen LogP contribution in [0, 0.1) is 10.1 Å². The van der Waals surface area contributed by atoms with Crippen molar-refractivity contribution in [3.05, 3.63) is 33.0 Å². The summed E-state index contributed by atoms with van der Waals surface area (Å²) >= 11 is 11.3. The van der Waals surface area contributed by atoms with Crippen LogP contribution in [0.25, 0.3) is 6.08 Å². The lowest BCUT2D eigenvalue weighted by atomic mass is 10.2. The average Bonchev–Trinajstić information content (AvgIpc) is 2.21. The minimum atomic E-state index is -0.600. The summed E-state index contributed by atoms with van der Waals surface area (Å²) in [4.78, 5) is 13.7. The number of hydrogen-bond acceptors (Lipinski definition) is 4. The number of anilines is 1. The van der Waals surface area contributed by atoms with E-state index >= 15 is 0 Å². The molecule has 0 fully saturated rings. The lowest BCUT2D eigenvalue weighted by Gasteiger charge is -2.00. The summed E-state index contributed by atoms with van der Waals surface area (Å²) in [5.41, 5.74) is 5.56.